The molecule has 0 bridgehead atoms. The Morgan fingerprint density at radius 3 is 2.85 bits per heavy atom. The van der Waals surface area contributed by atoms with E-state index < -0.39 is 4.92 Å². The molecule has 0 saturated heterocycles. The summed E-state index contributed by atoms with van der Waals surface area (Å²) in [6.45, 7) is 0.491. The first kappa shape index (κ1) is 18.5. The minimum atomic E-state index is -0.479. The van der Waals surface area contributed by atoms with Crippen LogP contribution in [0.4, 0.5) is 5.69 Å². The third-order valence-electron chi connectivity index (χ3n) is 3.80. The molecule has 3 rings (SSSR count). The molecule has 0 aliphatic rings. The van der Waals surface area contributed by atoms with Gasteiger partial charge in [-0.3, -0.25) is 10.1 Å². The predicted molar refractivity (Wildman–Crippen MR) is 103 cm³/mol. The van der Waals surface area contributed by atoms with E-state index in [-0.39, 0.29) is 5.69 Å². The van der Waals surface area contributed by atoms with Crippen LogP contribution < -0.4 is 10.2 Å². The van der Waals surface area contributed by atoms with Crippen molar-refractivity contribution in [3.63, 3.8) is 0 Å². The van der Waals surface area contributed by atoms with Gasteiger partial charge in [-0.15, -0.1) is 0 Å². The van der Waals surface area contributed by atoms with Gasteiger partial charge in [0.15, 0.2) is 0 Å². The van der Waals surface area contributed by atoms with Crippen LogP contribution in [0.15, 0.2) is 64.1 Å². The molecule has 0 atom stereocenters. The number of nitro groups is 1. The first-order chi connectivity index (χ1) is 13.1. The van der Waals surface area contributed by atoms with Gasteiger partial charge < -0.3 is 14.6 Å². The van der Waals surface area contributed by atoms with Gasteiger partial charge in [-0.25, -0.2) is 0 Å². The Bertz CT molecular complexity index is 985. The monoisotopic (exact) mass is 385 g/mol. The first-order valence-corrected chi connectivity index (χ1v) is 8.38. The van der Waals surface area contributed by atoms with Gasteiger partial charge >= 0.3 is 0 Å². The highest BCUT2D eigenvalue weighted by Gasteiger charge is 2.14. The van der Waals surface area contributed by atoms with Gasteiger partial charge in [0.05, 0.1) is 29.8 Å². The number of non-ortho nitro benzene ring substituents is 1. The molecule has 0 fully saturated rings. The molecule has 0 unspecified atom stereocenters. The standard InChI is InChI=1S/C19H16ClN3O4/c1-26-18-5-3-2-4-13(18)11-21-22-12-15-7-9-19(27-15)16-10-14(23(24)25)6-8-17(16)20/h2-10,12,21H,11H2,1H3/b22-12+. The molecule has 1 heterocycles. The van der Waals surface area contributed by atoms with E-state index in [2.05, 4.69) is 10.5 Å². The van der Waals surface area contributed by atoms with E-state index in [1.165, 1.54) is 24.4 Å². The third-order valence-corrected chi connectivity index (χ3v) is 4.13. The van der Waals surface area contributed by atoms with Crippen LogP contribution in [0.2, 0.25) is 5.02 Å². The van der Waals surface area contributed by atoms with Crippen molar-refractivity contribution in [2.45, 2.75) is 6.54 Å². The Kier molecular flexibility index (Phi) is 5.73. The van der Waals surface area contributed by atoms with E-state index in [0.29, 0.717) is 28.7 Å². The van der Waals surface area contributed by atoms with Crippen LogP contribution >= 0.6 is 11.6 Å². The van der Waals surface area contributed by atoms with Gasteiger partial charge in [0, 0.05) is 23.3 Å². The number of para-hydroxylation sites is 1. The van der Waals surface area contributed by atoms with Crippen molar-refractivity contribution in [1.82, 2.24) is 5.43 Å². The quantitative estimate of drug-likeness (QED) is 0.363. The van der Waals surface area contributed by atoms with Crippen molar-refractivity contribution in [3.05, 3.63) is 81.1 Å². The number of nitro benzene ring substituents is 1. The molecule has 0 aliphatic carbocycles. The highest BCUT2D eigenvalue weighted by molar-refractivity contribution is 6.33. The molecule has 1 N–H and O–H groups in total. The molecule has 8 heteroatoms. The van der Waals surface area contributed by atoms with Gasteiger partial charge in [0.25, 0.3) is 5.69 Å². The normalized spacial score (nSPS) is 10.9. The number of ether oxygens (including phenoxy) is 1. The molecular formula is C19H16ClN3O4. The topological polar surface area (TPSA) is 89.9 Å². The molecule has 0 spiro atoms. The average molecular weight is 386 g/mol. The van der Waals surface area contributed by atoms with Gasteiger partial charge in [-0.2, -0.15) is 5.10 Å². The van der Waals surface area contributed by atoms with Gasteiger partial charge in [-0.1, -0.05) is 29.8 Å². The van der Waals surface area contributed by atoms with Crippen LogP contribution in [0.25, 0.3) is 11.3 Å². The zero-order valence-electron chi connectivity index (χ0n) is 14.4. The number of nitrogens with one attached hydrogen (secondary N) is 1. The lowest BCUT2D eigenvalue weighted by molar-refractivity contribution is -0.384. The summed E-state index contributed by atoms with van der Waals surface area (Å²) in [6.07, 6.45) is 1.52. The Morgan fingerprint density at radius 2 is 2.07 bits per heavy atom. The largest absolute Gasteiger partial charge is 0.496 e. The van der Waals surface area contributed by atoms with E-state index in [4.69, 9.17) is 20.8 Å². The number of rotatable bonds is 7. The lowest BCUT2D eigenvalue weighted by Crippen LogP contribution is -2.06. The summed E-state index contributed by atoms with van der Waals surface area (Å²) in [5, 5.41) is 15.4. The number of hydrazone groups is 1. The average Bonchev–Trinajstić information content (AvgIpc) is 3.14. The number of furan rings is 1. The van der Waals surface area contributed by atoms with Crippen LogP contribution in [0.5, 0.6) is 5.75 Å². The molecule has 3 aromatic rings. The van der Waals surface area contributed by atoms with Crippen molar-refractivity contribution in [3.8, 4) is 17.1 Å². The van der Waals surface area contributed by atoms with Crippen molar-refractivity contribution in [2.75, 3.05) is 7.11 Å². The van der Waals surface area contributed by atoms with E-state index in [0.717, 1.165) is 11.3 Å². The van der Waals surface area contributed by atoms with Crippen molar-refractivity contribution < 1.29 is 14.1 Å². The predicted octanol–water partition coefficient (Wildman–Crippen LogP) is 4.64. The van der Waals surface area contributed by atoms with Crippen LogP contribution in [0, 0.1) is 10.1 Å². The number of hydrogen-bond acceptors (Lipinski definition) is 6. The zero-order valence-corrected chi connectivity index (χ0v) is 15.1. The van der Waals surface area contributed by atoms with Gasteiger partial charge in [0.1, 0.15) is 17.3 Å². The Labute approximate surface area is 160 Å². The highest BCUT2D eigenvalue weighted by Crippen LogP contribution is 2.32. The molecule has 0 amide bonds. The number of halogens is 1. The maximum atomic E-state index is 10.9. The molecule has 7 nitrogen and oxygen atoms in total. The SMILES string of the molecule is COc1ccccc1CN/N=C/c1ccc(-c2cc([N+](=O)[O-])ccc2Cl)o1. The lowest BCUT2D eigenvalue weighted by atomic mass is 10.1. The van der Waals surface area contributed by atoms with E-state index in [1.807, 2.05) is 24.3 Å². The second-order valence-corrected chi connectivity index (χ2v) is 5.94. The Balaban J connectivity index is 1.68. The summed E-state index contributed by atoms with van der Waals surface area (Å²) in [6, 6.07) is 15.2. The lowest BCUT2D eigenvalue weighted by Gasteiger charge is -2.06. The fourth-order valence-electron chi connectivity index (χ4n) is 2.47. The molecule has 138 valence electrons. The maximum Gasteiger partial charge on any atom is 0.270 e. The number of nitrogens with zero attached hydrogens (tertiary/aromatic N) is 2. The maximum absolute atomic E-state index is 10.9. The molecule has 2 aromatic carbocycles. The van der Waals surface area contributed by atoms with Crippen LogP contribution in [0.1, 0.15) is 11.3 Å². The second-order valence-electron chi connectivity index (χ2n) is 5.53. The summed E-state index contributed by atoms with van der Waals surface area (Å²) < 4.78 is 10.9. The summed E-state index contributed by atoms with van der Waals surface area (Å²) in [7, 11) is 1.62. The third kappa shape index (κ3) is 4.45. The molecular weight excluding hydrogens is 370 g/mol. The van der Waals surface area contributed by atoms with Crippen molar-refractivity contribution in [2.24, 2.45) is 5.10 Å². The Morgan fingerprint density at radius 1 is 1.26 bits per heavy atom. The smallest absolute Gasteiger partial charge is 0.270 e. The van der Waals surface area contributed by atoms with E-state index in [1.54, 1.807) is 19.2 Å². The van der Waals surface area contributed by atoms with Crippen molar-refractivity contribution in [1.29, 1.82) is 0 Å². The minimum absolute atomic E-state index is 0.0560. The second kappa shape index (κ2) is 8.37. The van der Waals surface area contributed by atoms with Crippen LogP contribution in [-0.4, -0.2) is 18.2 Å². The minimum Gasteiger partial charge on any atom is -0.496 e. The molecule has 27 heavy (non-hydrogen) atoms. The summed E-state index contributed by atoms with van der Waals surface area (Å²) >= 11 is 6.13. The molecule has 1 aromatic heterocycles. The Hall–Kier alpha value is -3.32. The number of methoxy groups -OCH3 is 1. The van der Waals surface area contributed by atoms with Crippen LogP contribution in [-0.2, 0) is 6.54 Å². The molecule has 0 saturated carbocycles. The van der Waals surface area contributed by atoms with Gasteiger partial charge in [-0.05, 0) is 24.3 Å². The van der Waals surface area contributed by atoms with Gasteiger partial charge in [0.2, 0.25) is 0 Å². The first-order valence-electron chi connectivity index (χ1n) is 8.00. The zero-order chi connectivity index (χ0) is 19.2. The van der Waals surface area contributed by atoms with Crippen molar-refractivity contribution >= 4 is 23.5 Å². The van der Waals surface area contributed by atoms with Crippen LogP contribution in [0.3, 0.4) is 0 Å². The summed E-state index contributed by atoms with van der Waals surface area (Å²) in [5.74, 6) is 1.69. The van der Waals surface area contributed by atoms with E-state index in [9.17, 15) is 10.1 Å². The summed E-state index contributed by atoms with van der Waals surface area (Å²) in [5.41, 5.74) is 4.29. The number of hydrogen-bond donors (Lipinski definition) is 1. The fourth-order valence-corrected chi connectivity index (χ4v) is 2.68. The number of benzene rings is 2. The fraction of sp³-hybridized carbons (Fsp3) is 0.105. The van der Waals surface area contributed by atoms with E-state index >= 15 is 0 Å². The molecule has 0 aliphatic heterocycles. The molecule has 0 radical (unpaired) electrons. The highest BCUT2D eigenvalue weighted by atomic mass is 35.5. The summed E-state index contributed by atoms with van der Waals surface area (Å²) in [4.78, 5) is 10.5.